The number of hydrogen-bond acceptors (Lipinski definition) is 3. The topological polar surface area (TPSA) is 47.3 Å². The van der Waals surface area contributed by atoms with E-state index in [0.717, 1.165) is 41.1 Å². The molecule has 3 nitrogen and oxygen atoms in total. The van der Waals surface area contributed by atoms with Gasteiger partial charge < -0.3 is 4.74 Å². The Bertz CT molecular complexity index is 383. The number of benzene rings is 1. The van der Waals surface area contributed by atoms with Gasteiger partial charge in [0.05, 0.1) is 12.6 Å². The summed E-state index contributed by atoms with van der Waals surface area (Å²) in [5, 5.41) is 0.730. The van der Waals surface area contributed by atoms with E-state index in [4.69, 9.17) is 22.2 Å². The fraction of sp³-hybridized carbons (Fsp3) is 0.500. The fourth-order valence-electron chi connectivity index (χ4n) is 2.26. The first-order valence-electron chi connectivity index (χ1n) is 5.71. The second-order valence-corrected chi connectivity index (χ2v) is 5.61. The van der Waals surface area contributed by atoms with Crippen LogP contribution in [-0.2, 0) is 4.74 Å². The average Bonchev–Trinajstić information content (AvgIpc) is 2.34. The Kier molecular flexibility index (Phi) is 4.82. The predicted molar refractivity (Wildman–Crippen MR) is 72.8 cm³/mol. The van der Waals surface area contributed by atoms with Crippen LogP contribution in [0, 0.1) is 5.92 Å². The van der Waals surface area contributed by atoms with E-state index in [2.05, 4.69) is 21.4 Å². The molecular formula is C12H16BrClN2O. The van der Waals surface area contributed by atoms with Crippen molar-refractivity contribution in [2.45, 2.75) is 18.9 Å². The lowest BCUT2D eigenvalue weighted by Crippen LogP contribution is -2.37. The Morgan fingerprint density at radius 2 is 2.35 bits per heavy atom. The molecule has 1 aliphatic rings. The lowest BCUT2D eigenvalue weighted by atomic mass is 9.89. The number of ether oxygens (including phenoxy) is 1. The van der Waals surface area contributed by atoms with E-state index in [1.54, 1.807) is 0 Å². The van der Waals surface area contributed by atoms with Gasteiger partial charge in [0, 0.05) is 22.0 Å². The highest BCUT2D eigenvalue weighted by atomic mass is 79.9. The molecule has 0 aromatic heterocycles. The molecule has 0 bridgehead atoms. The molecule has 0 amide bonds. The Balaban J connectivity index is 2.21. The third-order valence-corrected chi connectivity index (χ3v) is 3.96. The van der Waals surface area contributed by atoms with E-state index in [1.165, 1.54) is 0 Å². The van der Waals surface area contributed by atoms with Gasteiger partial charge in [-0.25, -0.2) is 0 Å². The van der Waals surface area contributed by atoms with Gasteiger partial charge in [0.25, 0.3) is 0 Å². The quantitative estimate of drug-likeness (QED) is 0.665. The molecule has 1 aromatic rings. The lowest BCUT2D eigenvalue weighted by molar-refractivity contribution is 0.0390. The summed E-state index contributed by atoms with van der Waals surface area (Å²) >= 11 is 9.66. The lowest BCUT2D eigenvalue weighted by Gasteiger charge is -2.30. The minimum absolute atomic E-state index is 0.0518. The molecule has 0 aliphatic carbocycles. The van der Waals surface area contributed by atoms with Crippen LogP contribution >= 0.6 is 27.5 Å². The molecule has 1 aliphatic heterocycles. The molecule has 0 spiro atoms. The van der Waals surface area contributed by atoms with Crippen LogP contribution in [0.5, 0.6) is 0 Å². The molecular weight excluding hydrogens is 304 g/mol. The first-order chi connectivity index (χ1) is 8.22. The highest BCUT2D eigenvalue weighted by molar-refractivity contribution is 9.10. The average molecular weight is 320 g/mol. The van der Waals surface area contributed by atoms with Crippen LogP contribution in [0.4, 0.5) is 0 Å². The SMILES string of the molecule is NNC(c1ccc(Br)cc1Cl)C1CCCOC1. The molecule has 2 rings (SSSR count). The van der Waals surface area contributed by atoms with Crippen molar-refractivity contribution in [1.29, 1.82) is 0 Å². The number of halogens is 2. The summed E-state index contributed by atoms with van der Waals surface area (Å²) in [6.45, 7) is 1.59. The first kappa shape index (κ1) is 13.3. The third kappa shape index (κ3) is 3.20. The van der Waals surface area contributed by atoms with Gasteiger partial charge in [-0.05, 0) is 30.5 Å². The maximum atomic E-state index is 6.26. The summed E-state index contributed by atoms with van der Waals surface area (Å²) in [5.74, 6) is 6.05. The van der Waals surface area contributed by atoms with Gasteiger partial charge in [-0.3, -0.25) is 11.3 Å². The molecule has 3 N–H and O–H groups in total. The summed E-state index contributed by atoms with van der Waals surface area (Å²) in [6.07, 6.45) is 2.19. The summed E-state index contributed by atoms with van der Waals surface area (Å²) in [4.78, 5) is 0. The van der Waals surface area contributed by atoms with E-state index in [0.29, 0.717) is 5.92 Å². The molecule has 1 fully saturated rings. The zero-order valence-electron chi connectivity index (χ0n) is 9.46. The van der Waals surface area contributed by atoms with E-state index < -0.39 is 0 Å². The predicted octanol–water partition coefficient (Wildman–Crippen LogP) is 3.03. The van der Waals surface area contributed by atoms with Crippen LogP contribution in [0.3, 0.4) is 0 Å². The molecule has 2 unspecified atom stereocenters. The molecule has 5 heteroatoms. The molecule has 0 radical (unpaired) electrons. The molecule has 2 atom stereocenters. The smallest absolute Gasteiger partial charge is 0.0524 e. The minimum Gasteiger partial charge on any atom is -0.381 e. The van der Waals surface area contributed by atoms with Gasteiger partial charge in [-0.2, -0.15) is 0 Å². The van der Waals surface area contributed by atoms with Gasteiger partial charge in [0.15, 0.2) is 0 Å². The zero-order chi connectivity index (χ0) is 12.3. The summed E-state index contributed by atoms with van der Waals surface area (Å²) < 4.78 is 6.48. The highest BCUT2D eigenvalue weighted by Crippen LogP contribution is 2.33. The van der Waals surface area contributed by atoms with E-state index in [-0.39, 0.29) is 6.04 Å². The van der Waals surface area contributed by atoms with Crippen LogP contribution in [-0.4, -0.2) is 13.2 Å². The second-order valence-electron chi connectivity index (χ2n) is 4.29. The number of nitrogens with one attached hydrogen (secondary N) is 1. The van der Waals surface area contributed by atoms with Crippen LogP contribution in [0.2, 0.25) is 5.02 Å². The van der Waals surface area contributed by atoms with Gasteiger partial charge in [-0.15, -0.1) is 0 Å². The number of hydrogen-bond donors (Lipinski definition) is 2. The van der Waals surface area contributed by atoms with Gasteiger partial charge in [0.1, 0.15) is 0 Å². The molecule has 0 saturated carbocycles. The first-order valence-corrected chi connectivity index (χ1v) is 6.88. The Morgan fingerprint density at radius 3 is 2.94 bits per heavy atom. The standard InChI is InChI=1S/C12H16BrClN2O/c13-9-3-4-10(11(14)6-9)12(16-15)8-2-1-5-17-7-8/h3-4,6,8,12,16H,1-2,5,7,15H2. The number of hydrazine groups is 1. The van der Waals surface area contributed by atoms with Crippen molar-refractivity contribution >= 4 is 27.5 Å². The van der Waals surface area contributed by atoms with Crippen LogP contribution in [0.1, 0.15) is 24.4 Å². The summed E-state index contributed by atoms with van der Waals surface area (Å²) in [7, 11) is 0. The van der Waals surface area contributed by atoms with E-state index >= 15 is 0 Å². The maximum Gasteiger partial charge on any atom is 0.0524 e. The van der Waals surface area contributed by atoms with Crippen molar-refractivity contribution in [3.63, 3.8) is 0 Å². The molecule has 17 heavy (non-hydrogen) atoms. The van der Waals surface area contributed by atoms with Crippen molar-refractivity contribution in [3.8, 4) is 0 Å². The van der Waals surface area contributed by atoms with Crippen LogP contribution in [0.15, 0.2) is 22.7 Å². The maximum absolute atomic E-state index is 6.26. The van der Waals surface area contributed by atoms with Crippen molar-refractivity contribution in [1.82, 2.24) is 5.43 Å². The van der Waals surface area contributed by atoms with Gasteiger partial charge in [-0.1, -0.05) is 33.6 Å². The summed E-state index contributed by atoms with van der Waals surface area (Å²) in [6, 6.07) is 5.93. The van der Waals surface area contributed by atoms with Crippen LogP contribution < -0.4 is 11.3 Å². The Hall–Kier alpha value is -0.130. The Labute approximate surface area is 115 Å². The fourth-order valence-corrected chi connectivity index (χ4v) is 3.05. The number of rotatable bonds is 3. The third-order valence-electron chi connectivity index (χ3n) is 3.14. The highest BCUT2D eigenvalue weighted by Gasteiger charge is 2.26. The second kappa shape index (κ2) is 6.16. The monoisotopic (exact) mass is 318 g/mol. The largest absolute Gasteiger partial charge is 0.381 e. The normalized spacial score (nSPS) is 22.4. The number of nitrogens with two attached hydrogens (primary N) is 1. The van der Waals surface area contributed by atoms with Crippen molar-refractivity contribution < 1.29 is 4.74 Å². The molecule has 94 valence electrons. The van der Waals surface area contributed by atoms with Crippen molar-refractivity contribution in [2.24, 2.45) is 11.8 Å². The van der Waals surface area contributed by atoms with Crippen LogP contribution in [0.25, 0.3) is 0 Å². The van der Waals surface area contributed by atoms with Gasteiger partial charge in [0.2, 0.25) is 0 Å². The van der Waals surface area contributed by atoms with E-state index in [9.17, 15) is 0 Å². The van der Waals surface area contributed by atoms with Crippen molar-refractivity contribution in [3.05, 3.63) is 33.3 Å². The summed E-state index contributed by atoms with van der Waals surface area (Å²) in [5.41, 5.74) is 3.90. The van der Waals surface area contributed by atoms with Gasteiger partial charge >= 0.3 is 0 Å². The molecule has 1 saturated heterocycles. The zero-order valence-corrected chi connectivity index (χ0v) is 11.8. The minimum atomic E-state index is 0.0518. The Morgan fingerprint density at radius 1 is 1.53 bits per heavy atom. The van der Waals surface area contributed by atoms with E-state index in [1.807, 2.05) is 18.2 Å². The molecule has 1 heterocycles. The van der Waals surface area contributed by atoms with Crippen molar-refractivity contribution in [2.75, 3.05) is 13.2 Å². The molecule has 1 aromatic carbocycles.